The van der Waals surface area contributed by atoms with Gasteiger partial charge in [0, 0.05) is 5.69 Å². The van der Waals surface area contributed by atoms with Gasteiger partial charge in [0.25, 0.3) is 0 Å². The van der Waals surface area contributed by atoms with Crippen molar-refractivity contribution < 1.29 is 47.4 Å². The Balaban J connectivity index is 1.16. The summed E-state index contributed by atoms with van der Waals surface area (Å²) in [5, 5.41) is 0. The van der Waals surface area contributed by atoms with E-state index < -0.39 is 110 Å². The standard InChI is InChI=1S/C71H62BN5O.Pt/c1-49-25-18-19-34-58(49)59-41-42-67(77-65-38-23-22-37-64(65)76(56-32-16-11-17-33-56)72(77)55-30-14-10-15-31-55)73-69(59)78-66-46-57(40-39-50(66)2)74-48-75(63-36-21-20-35-62(63)74)68-60(52-26-12-9-13-27-52)43-51(47-70(3,4)5)44-61(68)53-28-24-29-54(45-53)71(6,7)8;/h9-37,39-45H,47H2,1-8H3;/q-2;/i1D3,2D3,9D,12D,13D,18D,19D,25D,26D,27D,34D,47D2;. The zero-order valence-electron chi connectivity index (χ0n) is 61.1. The molecule has 6 nitrogen and oxygen atoms in total. The van der Waals surface area contributed by atoms with Crippen molar-refractivity contribution in [2.45, 2.75) is 67.0 Å². The quantitative estimate of drug-likeness (QED) is 0.0956. The molecule has 1 aliphatic heterocycles. The number of ether oxygens (including phenoxy) is 1. The third-order valence-corrected chi connectivity index (χ3v) is 14.7. The van der Waals surface area contributed by atoms with E-state index in [2.05, 4.69) is 57.1 Å². The van der Waals surface area contributed by atoms with Gasteiger partial charge in [0.15, 0.2) is 0 Å². The first kappa shape index (κ1) is 35.3. The van der Waals surface area contributed by atoms with Gasteiger partial charge in [-0.3, -0.25) is 0 Å². The average Bonchev–Trinajstić information content (AvgIpc) is 1.43. The van der Waals surface area contributed by atoms with Crippen LogP contribution in [0.1, 0.15) is 87.1 Å². The number of pyridine rings is 1. The molecule has 0 spiro atoms. The second-order valence-corrected chi connectivity index (χ2v) is 22.3. The molecule has 0 saturated heterocycles. The van der Waals surface area contributed by atoms with Gasteiger partial charge in [-0.2, -0.15) is 12.1 Å². The van der Waals surface area contributed by atoms with Gasteiger partial charge >= 0.3 is 417 Å². The molecule has 11 aromatic rings. The van der Waals surface area contributed by atoms with Crippen LogP contribution in [0.2, 0.25) is 0 Å². The fourth-order valence-electron chi connectivity index (χ4n) is 10.2. The second-order valence-electron chi connectivity index (χ2n) is 21.3. The SMILES string of the molecule is [2H]c1c([2H])c([2H])c(-c2cc(C([2H])([2H])C(C)(C)C)cc(-c3cccc(C(C)(C)C)c3)c2-n2[c](=[Pt])n(-c3[c-]c(Oc4nc(N5B(c6ccccc6)N(c6ccccc6)c6ccc[c-]c65)ccc4-c4c([2H])c([2H])c([2H])c([2H])c4C([2H])([2H])[2H])c(C([2H])([2H])[2H])cc3)c3ccccc32)c([2H])c1[2H]. The number of benzene rings is 9. The third kappa shape index (κ3) is 9.91. The Morgan fingerprint density at radius 1 is 0.633 bits per heavy atom. The molecule has 0 saturated carbocycles. The Bertz CT molecular complexity index is 4980. The summed E-state index contributed by atoms with van der Waals surface area (Å²) in [7, 11) is 0. The Hall–Kier alpha value is -8.25. The number of fused-ring (bicyclic) bond motifs is 2. The molecule has 0 amide bonds. The number of aryl methyl sites for hydroxylation is 1. The maximum atomic E-state index is 9.77. The van der Waals surface area contributed by atoms with Crippen LogP contribution in [0.5, 0.6) is 11.6 Å². The van der Waals surface area contributed by atoms with Crippen molar-refractivity contribution in [2.75, 3.05) is 9.62 Å². The summed E-state index contributed by atoms with van der Waals surface area (Å²) in [4.78, 5) is 9.19. The van der Waals surface area contributed by atoms with Gasteiger partial charge in [-0.15, -0.1) is 6.07 Å². The summed E-state index contributed by atoms with van der Waals surface area (Å²) >= 11 is 2.11. The van der Waals surface area contributed by atoms with Crippen LogP contribution in [-0.4, -0.2) is 21.1 Å². The van der Waals surface area contributed by atoms with Gasteiger partial charge in [-0.05, 0) is 12.1 Å². The fourth-order valence-corrected chi connectivity index (χ4v) is 11.3. The van der Waals surface area contributed by atoms with E-state index in [4.69, 9.17) is 26.2 Å². The van der Waals surface area contributed by atoms with E-state index in [0.29, 0.717) is 37.3 Å². The van der Waals surface area contributed by atoms with Crippen molar-refractivity contribution in [1.29, 1.82) is 0 Å². The summed E-state index contributed by atoms with van der Waals surface area (Å²) in [6.07, 6.45) is -2.09. The molecule has 2 aromatic heterocycles. The Kier molecular flexibility index (Phi) is 9.32. The number of rotatable bonds is 11. The Morgan fingerprint density at radius 2 is 1.33 bits per heavy atom. The topological polar surface area (TPSA) is 38.5 Å². The van der Waals surface area contributed by atoms with Crippen molar-refractivity contribution in [2.24, 2.45) is 5.41 Å². The monoisotopic (exact) mass is 1220 g/mol. The maximum absolute atomic E-state index is 9.77. The number of para-hydroxylation sites is 4. The van der Waals surface area contributed by atoms with Crippen molar-refractivity contribution in [3.05, 3.63) is 256 Å². The molecular formula is C71H62BN5OPt-2. The average molecular weight is 1220 g/mol. The van der Waals surface area contributed by atoms with Crippen molar-refractivity contribution in [1.82, 2.24) is 14.1 Å². The molecule has 392 valence electrons. The number of aromatic nitrogens is 3. The van der Waals surface area contributed by atoms with E-state index in [1.54, 1.807) is 61.7 Å². The molecular weight excluding hydrogens is 1140 g/mol. The molecule has 3 heterocycles. The molecule has 1 aliphatic rings. The Labute approximate surface area is 500 Å². The number of imidazole rings is 1. The molecule has 8 heteroatoms. The predicted octanol–water partition coefficient (Wildman–Crippen LogP) is 17.5. The van der Waals surface area contributed by atoms with Crippen LogP contribution >= 0.6 is 0 Å². The van der Waals surface area contributed by atoms with Crippen LogP contribution < -0.4 is 19.8 Å². The summed E-state index contributed by atoms with van der Waals surface area (Å²) in [6, 6.07) is 49.8. The molecule has 79 heavy (non-hydrogen) atoms. The van der Waals surface area contributed by atoms with E-state index in [-0.39, 0.29) is 44.7 Å². The third-order valence-electron chi connectivity index (χ3n) is 13.7. The molecule has 0 fully saturated rings. The summed E-state index contributed by atoms with van der Waals surface area (Å²) in [6.45, 7) is 4.72. The molecule has 12 rings (SSSR count). The van der Waals surface area contributed by atoms with Gasteiger partial charge in [0.1, 0.15) is 0 Å². The van der Waals surface area contributed by atoms with E-state index in [1.165, 1.54) is 18.2 Å². The van der Waals surface area contributed by atoms with Crippen LogP contribution in [0.15, 0.2) is 218 Å². The fraction of sp³-hybridized carbons (Fsp3) is 0.155. The zero-order chi connectivity index (χ0) is 69.2. The molecule has 0 unspecified atom stereocenters. The minimum absolute atomic E-state index is 0.110. The van der Waals surface area contributed by atoms with Gasteiger partial charge < -0.3 is 0 Å². The number of anilines is 4. The molecule has 0 bridgehead atoms. The van der Waals surface area contributed by atoms with E-state index in [1.807, 2.05) is 119 Å². The van der Waals surface area contributed by atoms with E-state index in [9.17, 15) is 6.85 Å². The van der Waals surface area contributed by atoms with E-state index in [0.717, 1.165) is 22.4 Å². The van der Waals surface area contributed by atoms with Crippen LogP contribution in [0, 0.1) is 35.1 Å². The van der Waals surface area contributed by atoms with Gasteiger partial charge in [0.2, 0.25) is 0 Å². The molecule has 0 atom stereocenters. The summed E-state index contributed by atoms with van der Waals surface area (Å²) in [5.74, 6) is -0.700. The summed E-state index contributed by atoms with van der Waals surface area (Å²) < 4.78 is 166. The van der Waals surface area contributed by atoms with Crippen molar-refractivity contribution >= 4 is 46.4 Å². The van der Waals surface area contributed by atoms with Crippen LogP contribution in [0.3, 0.4) is 0 Å². The van der Waals surface area contributed by atoms with Gasteiger partial charge in [0.05, 0.1) is 1.37 Å². The summed E-state index contributed by atoms with van der Waals surface area (Å²) in [5.41, 5.74) is 3.28. The van der Waals surface area contributed by atoms with Crippen molar-refractivity contribution in [3.63, 3.8) is 0 Å². The first-order valence-electron chi connectivity index (χ1n) is 34.2. The van der Waals surface area contributed by atoms with Crippen LogP contribution in [-0.2, 0) is 31.1 Å². The first-order chi connectivity index (χ1) is 45.1. The number of hydrogen-bond donors (Lipinski definition) is 0. The molecule has 9 aromatic carbocycles. The number of hydrogen-bond acceptors (Lipinski definition) is 4. The molecule has 0 N–H and O–H groups in total. The number of nitrogens with zero attached hydrogens (tertiary/aromatic N) is 5. The normalized spacial score (nSPS) is 16.2. The second kappa shape index (κ2) is 20.9. The van der Waals surface area contributed by atoms with Gasteiger partial charge in [-0.25, -0.2) is 0 Å². The van der Waals surface area contributed by atoms with Crippen LogP contribution in [0.4, 0.5) is 22.9 Å². The molecule has 0 aliphatic carbocycles. The van der Waals surface area contributed by atoms with Crippen molar-refractivity contribution in [3.8, 4) is 56.4 Å². The minimum atomic E-state index is -3.15. The zero-order valence-corrected chi connectivity index (χ0v) is 46.4. The van der Waals surface area contributed by atoms with E-state index >= 15 is 0 Å². The molecule has 0 radical (unpaired) electrons. The Morgan fingerprint density at radius 3 is 2.06 bits per heavy atom. The van der Waals surface area contributed by atoms with Gasteiger partial charge in [-0.1, -0.05) is 48.5 Å². The predicted molar refractivity (Wildman–Crippen MR) is 324 cm³/mol. The first-order valence-corrected chi connectivity index (χ1v) is 26.9. The van der Waals surface area contributed by atoms with Crippen LogP contribution in [0.25, 0.3) is 55.8 Å².